The van der Waals surface area contributed by atoms with Crippen molar-refractivity contribution in [1.29, 1.82) is 0 Å². The van der Waals surface area contributed by atoms with Crippen LogP contribution in [0, 0.1) is 0 Å². The van der Waals surface area contributed by atoms with Crippen LogP contribution in [-0.2, 0) is 14.3 Å². The summed E-state index contributed by atoms with van der Waals surface area (Å²) >= 11 is 0. The molecule has 0 radical (unpaired) electrons. The van der Waals surface area contributed by atoms with Gasteiger partial charge < -0.3 is 9.47 Å². The van der Waals surface area contributed by atoms with Crippen molar-refractivity contribution in [2.45, 2.75) is 26.0 Å². The largest absolute Gasteiger partial charge is 0.504 e. The average molecular weight is 188 g/mol. The van der Waals surface area contributed by atoms with E-state index in [4.69, 9.17) is 4.74 Å². The summed E-state index contributed by atoms with van der Waals surface area (Å²) in [5.41, 5.74) is 0.615. The first-order valence-electron chi connectivity index (χ1n) is 4.02. The highest BCUT2D eigenvalue weighted by atomic mass is 28.1. The van der Waals surface area contributed by atoms with Gasteiger partial charge in [-0.25, -0.2) is 4.79 Å². The molecule has 0 fully saturated rings. The van der Waals surface area contributed by atoms with Crippen molar-refractivity contribution in [1.82, 2.24) is 0 Å². The Labute approximate surface area is 76.2 Å². The van der Waals surface area contributed by atoms with E-state index in [0.717, 1.165) is 16.7 Å². The lowest BCUT2D eigenvalue weighted by molar-refractivity contribution is -0.140. The lowest BCUT2D eigenvalue weighted by Gasteiger charge is -2.10. The quantitative estimate of drug-likeness (QED) is 0.273. The summed E-state index contributed by atoms with van der Waals surface area (Å²) in [4.78, 5) is 11.2. The van der Waals surface area contributed by atoms with E-state index in [-0.39, 0.29) is 11.7 Å². The summed E-state index contributed by atoms with van der Waals surface area (Å²) in [6, 6.07) is 0. The maximum atomic E-state index is 11.2. The van der Waals surface area contributed by atoms with Crippen molar-refractivity contribution in [3.63, 3.8) is 0 Å². The van der Waals surface area contributed by atoms with E-state index >= 15 is 0 Å². The van der Waals surface area contributed by atoms with Crippen LogP contribution in [0.5, 0.6) is 0 Å². The smallest absolute Gasteiger partial charge is 0.336 e. The minimum absolute atomic E-state index is 0.109. The van der Waals surface area contributed by atoms with Crippen molar-refractivity contribution in [3.05, 3.63) is 11.8 Å². The molecule has 0 N–H and O–H groups in total. The highest BCUT2D eigenvalue weighted by molar-refractivity contribution is 6.12. The molecule has 0 aliphatic carbocycles. The first kappa shape index (κ1) is 11.2. The van der Waals surface area contributed by atoms with E-state index in [2.05, 4.69) is 4.74 Å². The van der Waals surface area contributed by atoms with Gasteiger partial charge in [0.15, 0.2) is 0 Å². The Morgan fingerprint density at radius 3 is 2.67 bits per heavy atom. The van der Waals surface area contributed by atoms with Gasteiger partial charge in [-0.1, -0.05) is 6.92 Å². The van der Waals surface area contributed by atoms with Crippen molar-refractivity contribution in [3.8, 4) is 0 Å². The van der Waals surface area contributed by atoms with Crippen molar-refractivity contribution in [2.75, 3.05) is 7.11 Å². The first-order chi connectivity index (χ1) is 5.61. The number of hydrogen-bond donors (Lipinski definition) is 0. The van der Waals surface area contributed by atoms with Crippen LogP contribution < -0.4 is 0 Å². The second kappa shape index (κ2) is 5.82. The Morgan fingerprint density at radius 2 is 2.25 bits per heavy atom. The van der Waals surface area contributed by atoms with E-state index in [0.29, 0.717) is 5.57 Å². The van der Waals surface area contributed by atoms with Gasteiger partial charge >= 0.3 is 5.97 Å². The molecule has 12 heavy (non-hydrogen) atoms. The summed E-state index contributed by atoms with van der Waals surface area (Å²) in [7, 11) is 2.39. The number of methoxy groups -OCH3 is 1. The van der Waals surface area contributed by atoms with Crippen LogP contribution in [0.1, 0.15) is 20.3 Å². The first-order valence-corrected chi connectivity index (χ1v) is 5.17. The van der Waals surface area contributed by atoms with Gasteiger partial charge in [0, 0.05) is 0 Å². The fraction of sp³-hybridized carbons (Fsp3) is 0.625. The molecule has 0 heterocycles. The fourth-order valence-electron chi connectivity index (χ4n) is 0.584. The molecule has 0 amide bonds. The van der Waals surface area contributed by atoms with Gasteiger partial charge in [0.2, 0.25) is 0 Å². The van der Waals surface area contributed by atoms with Crippen LogP contribution in [0.25, 0.3) is 0 Å². The monoisotopic (exact) mass is 188 g/mol. The van der Waals surface area contributed by atoms with Crippen molar-refractivity contribution >= 4 is 16.2 Å². The van der Waals surface area contributed by atoms with Gasteiger partial charge in [-0.15, -0.1) is 0 Å². The van der Waals surface area contributed by atoms with E-state index in [9.17, 15) is 4.79 Å². The van der Waals surface area contributed by atoms with E-state index in [1.54, 1.807) is 6.92 Å². The minimum Gasteiger partial charge on any atom is -0.504 e. The molecule has 0 aromatic rings. The van der Waals surface area contributed by atoms with Crippen LogP contribution in [0.3, 0.4) is 0 Å². The van der Waals surface area contributed by atoms with E-state index < -0.39 is 0 Å². The fourth-order valence-corrected chi connectivity index (χ4v) is 0.798. The van der Waals surface area contributed by atoms with Crippen molar-refractivity contribution in [2.24, 2.45) is 0 Å². The highest BCUT2D eigenvalue weighted by Gasteiger charge is 2.09. The molecule has 0 aliphatic rings. The molecule has 0 aromatic carbocycles. The van der Waals surface area contributed by atoms with Crippen LogP contribution in [0.4, 0.5) is 0 Å². The molecule has 0 aromatic heterocycles. The standard InChI is InChI=1S/C8H16O3Si/c1-4-7(12)11-8(9)6(2)5-10-3/h5,7H,4H2,1-3,12H3. The van der Waals surface area contributed by atoms with Crippen LogP contribution in [-0.4, -0.2) is 29.0 Å². The number of carbonyl (C=O) groups excluding carboxylic acids is 1. The molecule has 3 nitrogen and oxygen atoms in total. The van der Waals surface area contributed by atoms with Gasteiger partial charge in [0.1, 0.15) is 0 Å². The summed E-state index contributed by atoms with van der Waals surface area (Å²) < 4.78 is 9.78. The van der Waals surface area contributed by atoms with E-state index in [1.165, 1.54) is 13.4 Å². The normalized spacial score (nSPS) is 14.1. The molecule has 4 heteroatoms. The Morgan fingerprint density at radius 1 is 1.67 bits per heavy atom. The molecule has 1 atom stereocenters. The summed E-state index contributed by atoms with van der Waals surface area (Å²) in [5, 5.41) is 0. The molecule has 0 bridgehead atoms. The highest BCUT2D eigenvalue weighted by Crippen LogP contribution is 2.00. The molecular weight excluding hydrogens is 172 g/mol. The van der Waals surface area contributed by atoms with Crippen LogP contribution in [0.2, 0.25) is 0 Å². The Hall–Kier alpha value is -0.773. The van der Waals surface area contributed by atoms with Gasteiger partial charge in [0.25, 0.3) is 0 Å². The Bertz CT molecular complexity index is 177. The zero-order valence-electron chi connectivity index (χ0n) is 8.09. The third-order valence-electron chi connectivity index (χ3n) is 1.50. The second-order valence-electron chi connectivity index (χ2n) is 2.66. The third kappa shape index (κ3) is 4.18. The summed E-state index contributed by atoms with van der Waals surface area (Å²) in [5.74, 6) is -0.279. The zero-order chi connectivity index (χ0) is 9.56. The number of hydrogen-bond acceptors (Lipinski definition) is 3. The zero-order valence-corrected chi connectivity index (χ0v) is 10.1. The Balaban J connectivity index is 3.95. The lowest BCUT2D eigenvalue weighted by atomic mass is 10.3. The molecular formula is C8H16O3Si. The maximum absolute atomic E-state index is 11.2. The van der Waals surface area contributed by atoms with Crippen LogP contribution >= 0.6 is 0 Å². The number of carbonyl (C=O) groups is 1. The average Bonchev–Trinajstić information content (AvgIpc) is 2.04. The van der Waals surface area contributed by atoms with Crippen LogP contribution in [0.15, 0.2) is 11.8 Å². The predicted molar refractivity (Wildman–Crippen MR) is 50.9 cm³/mol. The van der Waals surface area contributed by atoms with Crippen molar-refractivity contribution < 1.29 is 14.3 Å². The molecule has 0 rings (SSSR count). The molecule has 70 valence electrons. The minimum atomic E-state index is -0.279. The topological polar surface area (TPSA) is 35.5 Å². The van der Waals surface area contributed by atoms with Gasteiger partial charge in [0.05, 0.1) is 34.9 Å². The third-order valence-corrected chi connectivity index (χ3v) is 2.55. The van der Waals surface area contributed by atoms with Gasteiger partial charge in [-0.3, -0.25) is 0 Å². The summed E-state index contributed by atoms with van der Waals surface area (Å²) in [6.45, 7) is 3.68. The number of esters is 1. The lowest BCUT2D eigenvalue weighted by Crippen LogP contribution is -2.17. The molecule has 0 saturated carbocycles. The van der Waals surface area contributed by atoms with E-state index in [1.807, 2.05) is 6.92 Å². The van der Waals surface area contributed by atoms with Gasteiger partial charge in [-0.2, -0.15) is 0 Å². The maximum Gasteiger partial charge on any atom is 0.336 e. The van der Waals surface area contributed by atoms with Gasteiger partial charge in [-0.05, 0) is 13.3 Å². The Kier molecular flexibility index (Phi) is 5.45. The number of ether oxygens (including phenoxy) is 2. The number of rotatable bonds is 4. The molecule has 0 spiro atoms. The molecule has 0 saturated heterocycles. The summed E-state index contributed by atoms with van der Waals surface area (Å²) in [6.07, 6.45) is 2.28. The SMILES string of the molecule is CCC([SiH3])OC(=O)C(C)=COC. The predicted octanol–water partition coefficient (Wildman–Crippen LogP) is 0.181. The molecule has 0 aliphatic heterocycles. The molecule has 1 unspecified atom stereocenters. The second-order valence-corrected chi connectivity index (χ2v) is 3.95.